The number of carbonyl (C=O) groups excluding carboxylic acids is 1. The summed E-state index contributed by atoms with van der Waals surface area (Å²) in [7, 11) is 0. The number of rotatable bonds is 1. The first kappa shape index (κ1) is 11.0. The van der Waals surface area contributed by atoms with Gasteiger partial charge in [-0.3, -0.25) is 4.79 Å². The number of hydrogen-bond acceptors (Lipinski definition) is 4. The molecule has 0 aromatic heterocycles. The van der Waals surface area contributed by atoms with E-state index in [1.165, 1.54) is 0 Å². The van der Waals surface area contributed by atoms with Crippen molar-refractivity contribution >= 4 is 5.91 Å². The van der Waals surface area contributed by atoms with E-state index in [9.17, 15) is 4.79 Å². The first-order valence-electron chi connectivity index (χ1n) is 6.42. The van der Waals surface area contributed by atoms with Crippen LogP contribution < -0.4 is 11.1 Å². The molecule has 1 saturated carbocycles. The Kier molecular flexibility index (Phi) is 2.57. The highest BCUT2D eigenvalue weighted by Gasteiger charge is 2.49. The van der Waals surface area contributed by atoms with Gasteiger partial charge in [0.2, 0.25) is 5.91 Å². The SMILES string of the molecule is N#C[C@@H]1CCCN1C(=O)[C@H]1N[C@@H]2C[C@H]1C[C@H]2N. The maximum absolute atomic E-state index is 12.4. The van der Waals surface area contributed by atoms with Gasteiger partial charge in [0.25, 0.3) is 0 Å². The molecule has 0 unspecified atom stereocenters. The summed E-state index contributed by atoms with van der Waals surface area (Å²) >= 11 is 0. The Morgan fingerprint density at radius 3 is 2.88 bits per heavy atom. The Morgan fingerprint density at radius 1 is 1.47 bits per heavy atom. The molecule has 0 aromatic rings. The van der Waals surface area contributed by atoms with Crippen molar-refractivity contribution in [2.45, 2.75) is 49.9 Å². The van der Waals surface area contributed by atoms with Crippen molar-refractivity contribution < 1.29 is 4.79 Å². The second kappa shape index (κ2) is 3.97. The highest BCUT2D eigenvalue weighted by Crippen LogP contribution is 2.36. The Balaban J connectivity index is 1.70. The zero-order valence-electron chi connectivity index (χ0n) is 9.80. The molecule has 1 aliphatic carbocycles. The maximum atomic E-state index is 12.4. The van der Waals surface area contributed by atoms with Crippen LogP contribution in [0, 0.1) is 17.2 Å². The average molecular weight is 234 g/mol. The summed E-state index contributed by atoms with van der Waals surface area (Å²) < 4.78 is 0. The highest BCUT2D eigenvalue weighted by atomic mass is 16.2. The van der Waals surface area contributed by atoms with Crippen molar-refractivity contribution in [3.63, 3.8) is 0 Å². The van der Waals surface area contributed by atoms with Crippen molar-refractivity contribution in [3.8, 4) is 6.07 Å². The minimum Gasteiger partial charge on any atom is -0.326 e. The maximum Gasteiger partial charge on any atom is 0.241 e. The largest absolute Gasteiger partial charge is 0.326 e. The molecule has 0 radical (unpaired) electrons. The van der Waals surface area contributed by atoms with Crippen LogP contribution in [0.3, 0.4) is 0 Å². The van der Waals surface area contributed by atoms with Gasteiger partial charge in [-0.1, -0.05) is 0 Å². The smallest absolute Gasteiger partial charge is 0.241 e. The van der Waals surface area contributed by atoms with Gasteiger partial charge in [0.1, 0.15) is 6.04 Å². The molecule has 3 fully saturated rings. The van der Waals surface area contributed by atoms with Crippen LogP contribution in [-0.4, -0.2) is 41.5 Å². The van der Waals surface area contributed by atoms with E-state index < -0.39 is 0 Å². The topological polar surface area (TPSA) is 82.2 Å². The Morgan fingerprint density at radius 2 is 2.29 bits per heavy atom. The zero-order valence-corrected chi connectivity index (χ0v) is 9.80. The van der Waals surface area contributed by atoms with Gasteiger partial charge in [-0.25, -0.2) is 0 Å². The lowest BCUT2D eigenvalue weighted by molar-refractivity contribution is -0.134. The fourth-order valence-electron chi connectivity index (χ4n) is 3.56. The summed E-state index contributed by atoms with van der Waals surface area (Å²) in [6.07, 6.45) is 3.73. The summed E-state index contributed by atoms with van der Waals surface area (Å²) in [5.74, 6) is 0.496. The number of nitriles is 1. The van der Waals surface area contributed by atoms with Crippen LogP contribution in [0.2, 0.25) is 0 Å². The Labute approximate surface area is 101 Å². The van der Waals surface area contributed by atoms with E-state index in [1.54, 1.807) is 4.90 Å². The van der Waals surface area contributed by atoms with Gasteiger partial charge in [-0.2, -0.15) is 5.26 Å². The van der Waals surface area contributed by atoms with Gasteiger partial charge in [0.05, 0.1) is 12.1 Å². The van der Waals surface area contributed by atoms with Crippen LogP contribution in [-0.2, 0) is 4.79 Å². The van der Waals surface area contributed by atoms with Crippen LogP contribution in [0.15, 0.2) is 0 Å². The highest BCUT2D eigenvalue weighted by molar-refractivity contribution is 5.83. The quantitative estimate of drug-likeness (QED) is 0.645. The molecule has 5 nitrogen and oxygen atoms in total. The minimum atomic E-state index is -0.211. The number of likely N-dealkylation sites (tertiary alicyclic amines) is 1. The third-order valence-corrected chi connectivity index (χ3v) is 4.46. The van der Waals surface area contributed by atoms with Crippen LogP contribution in [0.5, 0.6) is 0 Å². The monoisotopic (exact) mass is 234 g/mol. The first-order valence-corrected chi connectivity index (χ1v) is 6.42. The number of nitrogens with zero attached hydrogens (tertiary/aromatic N) is 2. The van der Waals surface area contributed by atoms with Crippen molar-refractivity contribution in [2.75, 3.05) is 6.54 Å². The number of piperidine rings is 1. The fraction of sp³-hybridized carbons (Fsp3) is 0.833. The first-order chi connectivity index (χ1) is 8.20. The number of nitrogens with two attached hydrogens (primary N) is 1. The van der Waals surface area contributed by atoms with Gasteiger partial charge >= 0.3 is 0 Å². The number of nitrogens with one attached hydrogen (secondary N) is 1. The molecular formula is C12H18N4O. The second-order valence-electron chi connectivity index (χ2n) is 5.46. The van der Waals surface area contributed by atoms with Gasteiger partial charge in [-0.05, 0) is 31.6 Å². The summed E-state index contributed by atoms with van der Waals surface area (Å²) in [6.45, 7) is 0.735. The predicted octanol–water partition coefficient (Wildman–Crippen LogP) is -0.421. The van der Waals surface area contributed by atoms with E-state index in [-0.39, 0.29) is 24.0 Å². The van der Waals surface area contributed by atoms with Gasteiger partial charge in [0, 0.05) is 18.6 Å². The van der Waals surface area contributed by atoms with E-state index >= 15 is 0 Å². The second-order valence-corrected chi connectivity index (χ2v) is 5.46. The summed E-state index contributed by atoms with van der Waals surface area (Å²) in [6, 6.07) is 2.43. The Bertz CT molecular complexity index is 375. The van der Waals surface area contributed by atoms with Crippen LogP contribution in [0.4, 0.5) is 0 Å². The van der Waals surface area contributed by atoms with Crippen molar-refractivity contribution in [2.24, 2.45) is 11.7 Å². The number of amides is 1. The third-order valence-electron chi connectivity index (χ3n) is 4.46. The van der Waals surface area contributed by atoms with Gasteiger partial charge in [0.15, 0.2) is 0 Å². The molecule has 2 aliphatic heterocycles. The van der Waals surface area contributed by atoms with E-state index in [0.29, 0.717) is 12.0 Å². The molecule has 0 aromatic carbocycles. The van der Waals surface area contributed by atoms with Crippen molar-refractivity contribution in [1.29, 1.82) is 5.26 Å². The summed E-state index contributed by atoms with van der Waals surface area (Å²) in [5, 5.41) is 12.4. The molecule has 5 heteroatoms. The van der Waals surface area contributed by atoms with Crippen LogP contribution in [0.1, 0.15) is 25.7 Å². The molecule has 3 N–H and O–H groups in total. The lowest BCUT2D eigenvalue weighted by Gasteiger charge is -2.30. The molecule has 2 saturated heterocycles. The number of hydrogen-bond donors (Lipinski definition) is 2. The summed E-state index contributed by atoms with van der Waals surface area (Å²) in [5.41, 5.74) is 5.95. The fourth-order valence-corrected chi connectivity index (χ4v) is 3.56. The van der Waals surface area contributed by atoms with E-state index in [0.717, 1.165) is 32.2 Å². The van der Waals surface area contributed by atoms with E-state index in [1.807, 2.05) is 0 Å². The lowest BCUT2D eigenvalue weighted by Crippen LogP contribution is -2.55. The predicted molar refractivity (Wildman–Crippen MR) is 61.8 cm³/mol. The average Bonchev–Trinajstić information content (AvgIpc) is 3.01. The Hall–Kier alpha value is -1.12. The lowest BCUT2D eigenvalue weighted by atomic mass is 9.97. The molecule has 2 heterocycles. The zero-order chi connectivity index (χ0) is 12.0. The molecule has 1 amide bonds. The number of fused-ring (bicyclic) bond motifs is 2. The molecule has 3 aliphatic rings. The van der Waals surface area contributed by atoms with Gasteiger partial charge in [-0.15, -0.1) is 0 Å². The molecule has 92 valence electrons. The molecule has 17 heavy (non-hydrogen) atoms. The molecule has 5 atom stereocenters. The number of carbonyl (C=O) groups is 1. The minimum absolute atomic E-state index is 0.0891. The van der Waals surface area contributed by atoms with E-state index in [4.69, 9.17) is 11.0 Å². The van der Waals surface area contributed by atoms with Crippen LogP contribution >= 0.6 is 0 Å². The van der Waals surface area contributed by atoms with Crippen molar-refractivity contribution in [1.82, 2.24) is 10.2 Å². The molecular weight excluding hydrogens is 216 g/mol. The van der Waals surface area contributed by atoms with Crippen molar-refractivity contribution in [3.05, 3.63) is 0 Å². The molecule has 3 rings (SSSR count). The molecule has 2 bridgehead atoms. The standard InChI is InChI=1S/C12H18N4O/c13-6-8-2-1-3-16(8)12(17)11-7-4-9(14)10(5-7)15-11/h7-11,15H,1-5,14H2/t7-,8+,9-,10-,11+/m1/s1. The van der Waals surface area contributed by atoms with E-state index in [2.05, 4.69) is 11.4 Å². The normalized spacial score (nSPS) is 44.0. The van der Waals surface area contributed by atoms with Gasteiger partial charge < -0.3 is 16.0 Å². The third kappa shape index (κ3) is 1.63. The summed E-state index contributed by atoms with van der Waals surface area (Å²) in [4.78, 5) is 14.1. The molecule has 0 spiro atoms. The van der Waals surface area contributed by atoms with Crippen LogP contribution in [0.25, 0.3) is 0 Å².